The van der Waals surface area contributed by atoms with Crippen molar-refractivity contribution in [1.29, 1.82) is 0 Å². The Hall–Kier alpha value is -5.70. The molecule has 0 aliphatic rings. The molecule has 0 bridgehead atoms. The monoisotopic (exact) mass is 602 g/mol. The Morgan fingerprint density at radius 2 is 0.870 bits per heavy atom. The highest BCUT2D eigenvalue weighted by Crippen LogP contribution is 2.46. The second-order valence-electron chi connectivity index (χ2n) is 12.0. The molecule has 10 aromatic rings. The van der Waals surface area contributed by atoms with Crippen molar-refractivity contribution >= 4 is 75.0 Å². The van der Waals surface area contributed by atoms with E-state index in [9.17, 15) is 0 Å². The minimum absolute atomic E-state index is 0.919. The molecule has 0 N–H and O–H groups in total. The average molecular weight is 603 g/mol. The number of hydrogen-bond acceptors (Lipinski definition) is 2. The predicted molar refractivity (Wildman–Crippen MR) is 198 cm³/mol. The quantitative estimate of drug-likeness (QED) is 0.183. The molecule has 0 atom stereocenters. The molecule has 214 valence electrons. The highest BCUT2D eigenvalue weighted by atomic mass is 32.1. The van der Waals surface area contributed by atoms with Crippen molar-refractivity contribution in [3.05, 3.63) is 158 Å². The van der Waals surface area contributed by atoms with Gasteiger partial charge in [0.25, 0.3) is 0 Å². The van der Waals surface area contributed by atoms with Crippen LogP contribution in [-0.4, -0.2) is 0 Å². The van der Waals surface area contributed by atoms with Gasteiger partial charge < -0.3 is 4.42 Å². The Morgan fingerprint density at radius 1 is 0.304 bits per heavy atom. The maximum Gasteiger partial charge on any atom is 0.136 e. The van der Waals surface area contributed by atoms with Gasteiger partial charge in [0.1, 0.15) is 11.2 Å². The van der Waals surface area contributed by atoms with E-state index in [0.29, 0.717) is 0 Å². The standard InChI is InChI=1S/C44H26OS/c1-2-11-27(12-3-1)28-13-10-14-29(23-28)43-33-16-4-6-18-35(33)44(36-19-7-5-17-34(36)43)30-21-22-31-37-26-42-38(25-40(37)45-39(31)24-30)32-15-8-9-20-41(32)46-42/h1-26H. The van der Waals surface area contributed by atoms with Crippen molar-refractivity contribution in [2.45, 2.75) is 0 Å². The SMILES string of the molecule is c1ccc(-c2cccc(-c3c4ccccc4c(-c4ccc5c(c4)oc4cc6c(cc45)sc4ccccc46)c4ccccc34)c2)cc1. The number of benzene rings is 8. The van der Waals surface area contributed by atoms with Gasteiger partial charge in [-0.25, -0.2) is 0 Å². The molecular weight excluding hydrogens is 577 g/mol. The summed E-state index contributed by atoms with van der Waals surface area (Å²) in [6, 6.07) is 57.2. The highest BCUT2D eigenvalue weighted by molar-refractivity contribution is 7.25. The number of fused-ring (bicyclic) bond motifs is 8. The average Bonchev–Trinajstić information content (AvgIpc) is 3.66. The van der Waals surface area contributed by atoms with Gasteiger partial charge in [-0.2, -0.15) is 0 Å². The summed E-state index contributed by atoms with van der Waals surface area (Å²) in [5, 5.41) is 9.85. The first kappa shape index (κ1) is 25.6. The summed E-state index contributed by atoms with van der Waals surface area (Å²) in [5.74, 6) is 0. The lowest BCUT2D eigenvalue weighted by Gasteiger charge is -2.18. The Kier molecular flexibility index (Phi) is 5.51. The number of hydrogen-bond donors (Lipinski definition) is 0. The van der Waals surface area contributed by atoms with Crippen LogP contribution in [0.15, 0.2) is 162 Å². The van der Waals surface area contributed by atoms with Gasteiger partial charge in [0.2, 0.25) is 0 Å². The van der Waals surface area contributed by atoms with Crippen molar-refractivity contribution < 1.29 is 4.42 Å². The van der Waals surface area contributed by atoms with Crippen molar-refractivity contribution in [1.82, 2.24) is 0 Å². The van der Waals surface area contributed by atoms with Crippen molar-refractivity contribution in [3.63, 3.8) is 0 Å². The Morgan fingerprint density at radius 3 is 1.59 bits per heavy atom. The smallest absolute Gasteiger partial charge is 0.136 e. The van der Waals surface area contributed by atoms with Crippen LogP contribution in [0.3, 0.4) is 0 Å². The first-order chi connectivity index (χ1) is 22.8. The summed E-state index contributed by atoms with van der Waals surface area (Å²) in [6.07, 6.45) is 0. The molecule has 0 aliphatic carbocycles. The second kappa shape index (κ2) is 9.90. The fraction of sp³-hybridized carbons (Fsp3) is 0. The molecule has 0 saturated heterocycles. The summed E-state index contributed by atoms with van der Waals surface area (Å²) in [6.45, 7) is 0. The van der Waals surface area contributed by atoms with Gasteiger partial charge in [-0.3, -0.25) is 0 Å². The molecule has 46 heavy (non-hydrogen) atoms. The summed E-state index contributed by atoms with van der Waals surface area (Å²) in [7, 11) is 0. The normalized spacial score (nSPS) is 11.9. The number of rotatable bonds is 3. The molecule has 0 fully saturated rings. The fourth-order valence-electron chi connectivity index (χ4n) is 7.38. The molecule has 2 heteroatoms. The van der Waals surface area contributed by atoms with Gasteiger partial charge in [0.05, 0.1) is 0 Å². The third-order valence-corrected chi connectivity index (χ3v) is 10.6. The Bertz CT molecular complexity index is 2740. The van der Waals surface area contributed by atoms with E-state index in [2.05, 4.69) is 158 Å². The third-order valence-electron chi connectivity index (χ3n) is 9.45. The molecule has 10 rings (SSSR count). The molecule has 0 aliphatic heterocycles. The minimum Gasteiger partial charge on any atom is -0.456 e. The van der Waals surface area contributed by atoms with E-state index in [1.807, 2.05) is 11.3 Å². The van der Waals surface area contributed by atoms with Crippen LogP contribution >= 0.6 is 11.3 Å². The maximum atomic E-state index is 6.62. The summed E-state index contributed by atoms with van der Waals surface area (Å²) >= 11 is 1.85. The van der Waals surface area contributed by atoms with Gasteiger partial charge >= 0.3 is 0 Å². The van der Waals surface area contributed by atoms with Gasteiger partial charge in [-0.1, -0.05) is 121 Å². The molecule has 0 radical (unpaired) electrons. The van der Waals surface area contributed by atoms with Crippen LogP contribution in [0, 0.1) is 0 Å². The van der Waals surface area contributed by atoms with Crippen molar-refractivity contribution in [2.24, 2.45) is 0 Å². The van der Waals surface area contributed by atoms with E-state index in [4.69, 9.17) is 4.42 Å². The summed E-state index contributed by atoms with van der Waals surface area (Å²) < 4.78 is 9.22. The van der Waals surface area contributed by atoms with Gasteiger partial charge in [0, 0.05) is 30.9 Å². The summed E-state index contributed by atoms with van der Waals surface area (Å²) in [5.41, 5.74) is 9.19. The fourth-order valence-corrected chi connectivity index (χ4v) is 8.51. The van der Waals surface area contributed by atoms with Crippen LogP contribution in [0.1, 0.15) is 0 Å². The van der Waals surface area contributed by atoms with Gasteiger partial charge in [0.15, 0.2) is 0 Å². The van der Waals surface area contributed by atoms with Crippen LogP contribution in [0.5, 0.6) is 0 Å². The largest absolute Gasteiger partial charge is 0.456 e. The lowest BCUT2D eigenvalue weighted by atomic mass is 9.85. The molecule has 0 amide bonds. The zero-order valence-electron chi connectivity index (χ0n) is 24.8. The first-order valence-electron chi connectivity index (χ1n) is 15.7. The topological polar surface area (TPSA) is 13.1 Å². The molecule has 2 heterocycles. The van der Waals surface area contributed by atoms with Gasteiger partial charge in [-0.05, 0) is 91.3 Å². The van der Waals surface area contributed by atoms with E-state index >= 15 is 0 Å². The molecule has 0 unspecified atom stereocenters. The van der Waals surface area contributed by atoms with E-state index in [0.717, 1.165) is 22.1 Å². The lowest BCUT2D eigenvalue weighted by Crippen LogP contribution is -1.91. The highest BCUT2D eigenvalue weighted by Gasteiger charge is 2.19. The summed E-state index contributed by atoms with van der Waals surface area (Å²) in [4.78, 5) is 0. The molecule has 2 aromatic heterocycles. The third kappa shape index (κ3) is 3.81. The van der Waals surface area contributed by atoms with Crippen LogP contribution in [-0.2, 0) is 0 Å². The lowest BCUT2D eigenvalue weighted by molar-refractivity contribution is 0.669. The molecule has 0 saturated carbocycles. The van der Waals surface area contributed by atoms with E-state index in [1.165, 1.54) is 74.9 Å². The number of furan rings is 1. The van der Waals surface area contributed by atoms with E-state index in [1.54, 1.807) is 0 Å². The van der Waals surface area contributed by atoms with Crippen LogP contribution in [0.25, 0.3) is 97.0 Å². The zero-order valence-corrected chi connectivity index (χ0v) is 25.6. The van der Waals surface area contributed by atoms with Crippen LogP contribution in [0.2, 0.25) is 0 Å². The second-order valence-corrected chi connectivity index (χ2v) is 13.1. The molecule has 0 spiro atoms. The Labute approximate surface area is 269 Å². The molecule has 1 nitrogen and oxygen atoms in total. The zero-order chi connectivity index (χ0) is 30.2. The van der Waals surface area contributed by atoms with Crippen LogP contribution in [0.4, 0.5) is 0 Å². The molecular formula is C44H26OS. The maximum absolute atomic E-state index is 6.62. The predicted octanol–water partition coefficient (Wildman–Crippen LogP) is 13.3. The molecule has 8 aromatic carbocycles. The van der Waals surface area contributed by atoms with Crippen molar-refractivity contribution in [2.75, 3.05) is 0 Å². The van der Waals surface area contributed by atoms with Gasteiger partial charge in [-0.15, -0.1) is 11.3 Å². The van der Waals surface area contributed by atoms with E-state index < -0.39 is 0 Å². The number of thiophene rings is 1. The van der Waals surface area contributed by atoms with Crippen molar-refractivity contribution in [3.8, 4) is 33.4 Å². The Balaban J connectivity index is 1.21. The van der Waals surface area contributed by atoms with E-state index in [-0.39, 0.29) is 0 Å². The minimum atomic E-state index is 0.919. The first-order valence-corrected chi connectivity index (χ1v) is 16.5. The van der Waals surface area contributed by atoms with Crippen LogP contribution < -0.4 is 0 Å².